The molecule has 4 nitrogen and oxygen atoms in total. The minimum atomic E-state index is -4.52. The maximum Gasteiger partial charge on any atom is 0.433 e. The van der Waals surface area contributed by atoms with Gasteiger partial charge >= 0.3 is 6.18 Å². The highest BCUT2D eigenvalue weighted by molar-refractivity contribution is 7.99. The molecule has 3 rings (SSSR count). The van der Waals surface area contributed by atoms with Crippen molar-refractivity contribution in [2.45, 2.75) is 25.6 Å². The number of nitrogens with zero attached hydrogens (tertiary/aromatic N) is 4. The van der Waals surface area contributed by atoms with Gasteiger partial charge in [-0.3, -0.25) is 4.98 Å². The van der Waals surface area contributed by atoms with Crippen LogP contribution in [0.1, 0.15) is 19.0 Å². The van der Waals surface area contributed by atoms with Crippen molar-refractivity contribution in [3.8, 4) is 11.4 Å². The summed E-state index contributed by atoms with van der Waals surface area (Å²) in [5.41, 5.74) is -0.447. The van der Waals surface area contributed by atoms with Gasteiger partial charge in [0.15, 0.2) is 11.5 Å². The SMILES string of the molecule is CC1CCSCCN1c1cc(C(F)(F)F)nc(-c2cccnc2)n1. The molecule has 0 aromatic carbocycles. The van der Waals surface area contributed by atoms with E-state index in [4.69, 9.17) is 0 Å². The van der Waals surface area contributed by atoms with Gasteiger partial charge in [0.05, 0.1) is 0 Å². The van der Waals surface area contributed by atoms with E-state index in [2.05, 4.69) is 15.0 Å². The Hall–Kier alpha value is -1.83. The molecule has 3 heterocycles. The summed E-state index contributed by atoms with van der Waals surface area (Å²) in [5.74, 6) is 2.26. The van der Waals surface area contributed by atoms with E-state index in [0.717, 1.165) is 24.0 Å². The molecule has 8 heteroatoms. The molecule has 1 fully saturated rings. The van der Waals surface area contributed by atoms with Crippen LogP contribution in [0.5, 0.6) is 0 Å². The fourth-order valence-electron chi connectivity index (χ4n) is 2.59. The highest BCUT2D eigenvalue weighted by Crippen LogP contribution is 2.32. The number of alkyl halides is 3. The van der Waals surface area contributed by atoms with E-state index in [9.17, 15) is 13.2 Å². The highest BCUT2D eigenvalue weighted by atomic mass is 32.2. The molecule has 128 valence electrons. The Morgan fingerprint density at radius 1 is 1.25 bits per heavy atom. The third kappa shape index (κ3) is 3.80. The molecule has 1 aliphatic rings. The summed E-state index contributed by atoms with van der Waals surface area (Å²) in [6.07, 6.45) is -0.566. The zero-order valence-electron chi connectivity index (χ0n) is 13.1. The van der Waals surface area contributed by atoms with E-state index in [0.29, 0.717) is 17.9 Å². The predicted octanol–water partition coefficient (Wildman–Crippen LogP) is 3.89. The molecule has 0 aliphatic carbocycles. The molecule has 0 spiro atoms. The molecule has 2 aromatic heterocycles. The van der Waals surface area contributed by atoms with Crippen LogP contribution in [0.15, 0.2) is 30.6 Å². The fraction of sp³-hybridized carbons (Fsp3) is 0.438. The summed E-state index contributed by atoms with van der Waals surface area (Å²) in [6, 6.07) is 4.50. The average Bonchev–Trinajstić information content (AvgIpc) is 2.79. The summed E-state index contributed by atoms with van der Waals surface area (Å²) in [5, 5.41) is 0. The largest absolute Gasteiger partial charge is 0.433 e. The van der Waals surface area contributed by atoms with Crippen LogP contribution in [0.2, 0.25) is 0 Å². The van der Waals surface area contributed by atoms with Crippen molar-refractivity contribution in [3.63, 3.8) is 0 Å². The van der Waals surface area contributed by atoms with Crippen molar-refractivity contribution in [1.82, 2.24) is 15.0 Å². The summed E-state index contributed by atoms with van der Waals surface area (Å²) < 4.78 is 39.8. The number of hydrogen-bond acceptors (Lipinski definition) is 5. The Morgan fingerprint density at radius 2 is 2.08 bits per heavy atom. The lowest BCUT2D eigenvalue weighted by Crippen LogP contribution is -2.35. The van der Waals surface area contributed by atoms with Crippen molar-refractivity contribution < 1.29 is 13.2 Å². The molecule has 0 radical (unpaired) electrons. The van der Waals surface area contributed by atoms with Gasteiger partial charge in [0.25, 0.3) is 0 Å². The minimum Gasteiger partial charge on any atom is -0.353 e. The van der Waals surface area contributed by atoms with Crippen molar-refractivity contribution in [2.75, 3.05) is 23.0 Å². The van der Waals surface area contributed by atoms with E-state index in [1.165, 1.54) is 6.20 Å². The Bertz CT molecular complexity index is 693. The molecular weight excluding hydrogens is 337 g/mol. The third-order valence-corrected chi connectivity index (χ3v) is 4.90. The smallest absolute Gasteiger partial charge is 0.353 e. The molecule has 0 amide bonds. The number of pyridine rings is 1. The summed E-state index contributed by atoms with van der Waals surface area (Å²) >= 11 is 1.81. The molecule has 2 aromatic rings. The molecule has 1 aliphatic heterocycles. The predicted molar refractivity (Wildman–Crippen MR) is 89.0 cm³/mol. The molecule has 0 N–H and O–H groups in total. The Balaban J connectivity index is 2.08. The summed E-state index contributed by atoms with van der Waals surface area (Å²) in [7, 11) is 0. The first-order valence-electron chi connectivity index (χ1n) is 7.66. The highest BCUT2D eigenvalue weighted by Gasteiger charge is 2.35. The number of aromatic nitrogens is 3. The van der Waals surface area contributed by atoms with Crippen LogP contribution in [0.25, 0.3) is 11.4 Å². The van der Waals surface area contributed by atoms with Gasteiger partial charge < -0.3 is 4.90 Å². The topological polar surface area (TPSA) is 41.9 Å². The van der Waals surface area contributed by atoms with Gasteiger partial charge in [-0.25, -0.2) is 9.97 Å². The number of thioether (sulfide) groups is 1. The molecule has 24 heavy (non-hydrogen) atoms. The number of halogens is 3. The zero-order valence-corrected chi connectivity index (χ0v) is 13.9. The number of anilines is 1. The summed E-state index contributed by atoms with van der Waals surface area (Å²) in [4.78, 5) is 14.0. The lowest BCUT2D eigenvalue weighted by atomic mass is 10.2. The molecule has 1 atom stereocenters. The molecule has 0 bridgehead atoms. The van der Waals surface area contributed by atoms with Crippen LogP contribution in [-0.4, -0.2) is 39.0 Å². The van der Waals surface area contributed by atoms with Gasteiger partial charge in [-0.05, 0) is 31.2 Å². The maximum absolute atomic E-state index is 13.3. The Labute approximate surface area is 142 Å². The van der Waals surface area contributed by atoms with E-state index >= 15 is 0 Å². The van der Waals surface area contributed by atoms with Crippen LogP contribution in [-0.2, 0) is 6.18 Å². The lowest BCUT2D eigenvalue weighted by molar-refractivity contribution is -0.141. The lowest BCUT2D eigenvalue weighted by Gasteiger charge is -2.28. The van der Waals surface area contributed by atoms with Crippen LogP contribution in [0.3, 0.4) is 0 Å². The second-order valence-corrected chi connectivity index (χ2v) is 6.84. The maximum atomic E-state index is 13.3. The molecule has 1 unspecified atom stereocenters. The van der Waals surface area contributed by atoms with E-state index in [1.807, 2.05) is 23.6 Å². The first-order valence-corrected chi connectivity index (χ1v) is 8.81. The van der Waals surface area contributed by atoms with Gasteiger partial charge in [-0.15, -0.1) is 0 Å². The van der Waals surface area contributed by atoms with Crippen molar-refractivity contribution in [2.24, 2.45) is 0 Å². The molecule has 1 saturated heterocycles. The standard InChI is InChI=1S/C16H17F3N4S/c1-11-4-7-24-8-6-23(11)14-9-13(16(17,18)19)21-15(22-14)12-3-2-5-20-10-12/h2-3,5,9-11H,4,6-8H2,1H3. The van der Waals surface area contributed by atoms with Crippen molar-refractivity contribution >= 4 is 17.6 Å². The van der Waals surface area contributed by atoms with Crippen LogP contribution in [0, 0.1) is 0 Å². The molecule has 0 saturated carbocycles. The van der Waals surface area contributed by atoms with Crippen LogP contribution in [0.4, 0.5) is 19.0 Å². The third-order valence-electron chi connectivity index (χ3n) is 3.91. The van der Waals surface area contributed by atoms with E-state index in [-0.39, 0.29) is 11.9 Å². The second kappa shape index (κ2) is 6.96. The Morgan fingerprint density at radius 3 is 2.79 bits per heavy atom. The van der Waals surface area contributed by atoms with E-state index in [1.54, 1.807) is 18.3 Å². The monoisotopic (exact) mass is 354 g/mol. The van der Waals surface area contributed by atoms with Crippen LogP contribution < -0.4 is 4.90 Å². The first-order chi connectivity index (χ1) is 11.4. The fourth-order valence-corrected chi connectivity index (χ4v) is 3.62. The number of hydrogen-bond donors (Lipinski definition) is 0. The second-order valence-electron chi connectivity index (χ2n) is 5.62. The Kier molecular flexibility index (Phi) is 4.93. The first kappa shape index (κ1) is 17.0. The zero-order chi connectivity index (χ0) is 17.2. The van der Waals surface area contributed by atoms with Gasteiger partial charge in [-0.2, -0.15) is 24.9 Å². The van der Waals surface area contributed by atoms with Gasteiger partial charge in [0.2, 0.25) is 0 Å². The van der Waals surface area contributed by atoms with E-state index < -0.39 is 11.9 Å². The number of rotatable bonds is 2. The van der Waals surface area contributed by atoms with Gasteiger partial charge in [0, 0.05) is 42.4 Å². The van der Waals surface area contributed by atoms with Crippen molar-refractivity contribution in [1.29, 1.82) is 0 Å². The summed E-state index contributed by atoms with van der Waals surface area (Å²) in [6.45, 7) is 2.69. The van der Waals surface area contributed by atoms with Crippen molar-refractivity contribution in [3.05, 3.63) is 36.3 Å². The normalized spacial score (nSPS) is 19.2. The van der Waals surface area contributed by atoms with Gasteiger partial charge in [-0.1, -0.05) is 0 Å². The minimum absolute atomic E-state index is 0.0528. The van der Waals surface area contributed by atoms with Crippen LogP contribution >= 0.6 is 11.8 Å². The average molecular weight is 354 g/mol. The quantitative estimate of drug-likeness (QED) is 0.818. The van der Waals surface area contributed by atoms with Gasteiger partial charge in [0.1, 0.15) is 5.82 Å². The molecular formula is C16H17F3N4S.